The molecule has 0 bridgehead atoms. The number of nitrogens with zero attached hydrogens (tertiary/aromatic N) is 1. The number of piperidine rings is 1. The molecule has 1 heterocycles. The number of nitrogens with one attached hydrogen (secondary N) is 1. The van der Waals surface area contributed by atoms with Gasteiger partial charge in [0.2, 0.25) is 5.91 Å². The van der Waals surface area contributed by atoms with Crippen LogP contribution in [0.2, 0.25) is 0 Å². The summed E-state index contributed by atoms with van der Waals surface area (Å²) in [7, 11) is 2.64. The zero-order valence-electron chi connectivity index (χ0n) is 6.42. The Hall–Kier alpha value is -0.180. The van der Waals surface area contributed by atoms with Crippen molar-refractivity contribution in [3.63, 3.8) is 0 Å². The van der Waals surface area contributed by atoms with Crippen molar-refractivity contribution in [3.8, 4) is 0 Å². The first-order chi connectivity index (χ1) is 5.24. The topological polar surface area (TPSA) is 58.4 Å². The van der Waals surface area contributed by atoms with Crippen molar-refractivity contribution < 1.29 is 4.79 Å². The Bertz CT molecular complexity index is 145. The monoisotopic (exact) mass is 175 g/mol. The molecule has 1 rings (SSSR count). The lowest BCUT2D eigenvalue weighted by atomic mass is 9.98. The second-order valence-corrected chi connectivity index (χ2v) is 3.55. The third-order valence-electron chi connectivity index (χ3n) is 2.04. The molecule has 11 heavy (non-hydrogen) atoms. The van der Waals surface area contributed by atoms with Gasteiger partial charge in [0, 0.05) is 19.0 Å². The van der Waals surface area contributed by atoms with Gasteiger partial charge in [0.05, 0.1) is 0 Å². The first-order valence-corrected chi connectivity index (χ1v) is 4.26. The molecule has 1 aliphatic heterocycles. The summed E-state index contributed by atoms with van der Waals surface area (Å²) >= 11 is 0. The highest BCUT2D eigenvalue weighted by atomic mass is 31.0. The average molecular weight is 175 g/mol. The number of hydrogen-bond acceptors (Lipinski definition) is 3. The molecule has 1 aliphatic rings. The molecule has 0 aromatic heterocycles. The van der Waals surface area contributed by atoms with E-state index in [0.29, 0.717) is 0 Å². The van der Waals surface area contributed by atoms with Gasteiger partial charge in [-0.2, -0.15) is 0 Å². The fourth-order valence-corrected chi connectivity index (χ4v) is 1.58. The predicted molar refractivity (Wildman–Crippen MR) is 46.3 cm³/mol. The minimum atomic E-state index is -0.0249. The molecular formula is C6H14N3OP. The minimum absolute atomic E-state index is 0.0249. The smallest absolute Gasteiger partial charge is 0.237 e. The van der Waals surface area contributed by atoms with Gasteiger partial charge in [-0.3, -0.25) is 14.9 Å². The van der Waals surface area contributed by atoms with Crippen molar-refractivity contribution in [1.82, 2.24) is 10.1 Å². The first kappa shape index (κ1) is 8.91. The zero-order valence-corrected chi connectivity index (χ0v) is 7.57. The Morgan fingerprint density at radius 3 is 2.55 bits per heavy atom. The van der Waals surface area contributed by atoms with E-state index in [1.54, 1.807) is 0 Å². The van der Waals surface area contributed by atoms with Crippen molar-refractivity contribution in [2.75, 3.05) is 13.1 Å². The maximum atomic E-state index is 11.0. The van der Waals surface area contributed by atoms with Gasteiger partial charge in [-0.15, -0.1) is 0 Å². The van der Waals surface area contributed by atoms with Crippen molar-refractivity contribution in [1.29, 1.82) is 0 Å². The average Bonchev–Trinajstić information content (AvgIpc) is 2.05. The highest BCUT2D eigenvalue weighted by molar-refractivity contribution is 7.13. The van der Waals surface area contributed by atoms with E-state index in [1.165, 1.54) is 0 Å². The van der Waals surface area contributed by atoms with Gasteiger partial charge in [-0.1, -0.05) is 9.39 Å². The molecule has 1 saturated heterocycles. The molecule has 1 atom stereocenters. The second-order valence-electron chi connectivity index (χ2n) is 2.82. The Morgan fingerprint density at radius 1 is 1.55 bits per heavy atom. The van der Waals surface area contributed by atoms with Gasteiger partial charge in [0.25, 0.3) is 0 Å². The van der Waals surface area contributed by atoms with Crippen LogP contribution in [-0.4, -0.2) is 23.7 Å². The van der Waals surface area contributed by atoms with Crippen LogP contribution in [0.15, 0.2) is 0 Å². The fraction of sp³-hybridized carbons (Fsp3) is 0.833. The predicted octanol–water partition coefficient (Wildman–Crippen LogP) is -0.522. The van der Waals surface area contributed by atoms with Gasteiger partial charge in [-0.05, 0) is 12.8 Å². The zero-order chi connectivity index (χ0) is 8.27. The van der Waals surface area contributed by atoms with Crippen LogP contribution in [0.5, 0.6) is 0 Å². The van der Waals surface area contributed by atoms with Gasteiger partial charge < -0.3 is 0 Å². The third-order valence-corrected chi connectivity index (χ3v) is 2.56. The lowest BCUT2D eigenvalue weighted by molar-refractivity contribution is -0.126. The molecule has 0 aromatic carbocycles. The summed E-state index contributed by atoms with van der Waals surface area (Å²) in [5, 5.41) is 0. The van der Waals surface area contributed by atoms with Crippen molar-refractivity contribution >= 4 is 15.3 Å². The van der Waals surface area contributed by atoms with Crippen LogP contribution < -0.4 is 11.3 Å². The van der Waals surface area contributed by atoms with Gasteiger partial charge in [0.1, 0.15) is 0 Å². The number of carbonyl (C=O) groups excluding carboxylic acids is 1. The maximum Gasteiger partial charge on any atom is 0.237 e. The Labute approximate surface area is 68.7 Å². The van der Waals surface area contributed by atoms with Crippen molar-refractivity contribution in [2.45, 2.75) is 12.8 Å². The molecule has 0 aromatic rings. The van der Waals surface area contributed by atoms with E-state index in [-0.39, 0.29) is 11.8 Å². The summed E-state index contributed by atoms with van der Waals surface area (Å²) < 4.78 is 2.14. The van der Waals surface area contributed by atoms with Gasteiger partial charge in [0.15, 0.2) is 0 Å². The number of nitrogens with two attached hydrogens (primary N) is 1. The SMILES string of the molecule is NNC(=O)C1CCN(P)CC1. The molecule has 0 saturated carbocycles. The summed E-state index contributed by atoms with van der Waals surface area (Å²) in [5.41, 5.74) is 2.19. The molecule has 5 heteroatoms. The molecule has 1 fully saturated rings. The van der Waals surface area contributed by atoms with Crippen LogP contribution in [0.1, 0.15) is 12.8 Å². The lowest BCUT2D eigenvalue weighted by Crippen LogP contribution is -2.40. The molecule has 1 unspecified atom stereocenters. The Morgan fingerprint density at radius 2 is 2.09 bits per heavy atom. The first-order valence-electron chi connectivity index (χ1n) is 3.74. The van der Waals surface area contributed by atoms with E-state index < -0.39 is 0 Å². The van der Waals surface area contributed by atoms with Crippen LogP contribution in [0.3, 0.4) is 0 Å². The van der Waals surface area contributed by atoms with E-state index in [2.05, 4.69) is 19.5 Å². The summed E-state index contributed by atoms with van der Waals surface area (Å²) in [6.07, 6.45) is 1.82. The third kappa shape index (κ3) is 2.40. The van der Waals surface area contributed by atoms with Crippen LogP contribution in [0.4, 0.5) is 0 Å². The molecule has 1 amide bonds. The van der Waals surface area contributed by atoms with Gasteiger partial charge in [-0.25, -0.2) is 5.84 Å². The molecule has 3 N–H and O–H groups in total. The standard InChI is InChI=1S/C6H14N3OP/c7-8-6(10)5-1-3-9(11)4-2-5/h5H,1-4,7,11H2,(H,8,10). The number of amides is 1. The summed E-state index contributed by atoms with van der Waals surface area (Å²) in [6, 6.07) is 0. The van der Waals surface area contributed by atoms with E-state index in [4.69, 9.17) is 5.84 Å². The Kier molecular flexibility index (Phi) is 3.24. The fourth-order valence-electron chi connectivity index (χ4n) is 1.28. The number of rotatable bonds is 1. The van der Waals surface area contributed by atoms with Gasteiger partial charge >= 0.3 is 0 Å². The maximum absolute atomic E-state index is 11.0. The normalized spacial score (nSPS) is 21.6. The second kappa shape index (κ2) is 4.00. The highest BCUT2D eigenvalue weighted by Gasteiger charge is 2.22. The van der Waals surface area contributed by atoms with Crippen molar-refractivity contribution in [3.05, 3.63) is 0 Å². The summed E-state index contributed by atoms with van der Waals surface area (Å²) in [6.45, 7) is 1.92. The molecule has 4 nitrogen and oxygen atoms in total. The van der Waals surface area contributed by atoms with Crippen LogP contribution in [-0.2, 0) is 4.79 Å². The lowest BCUT2D eigenvalue weighted by Gasteiger charge is -2.27. The number of hydrogen-bond donors (Lipinski definition) is 2. The van der Waals surface area contributed by atoms with E-state index in [0.717, 1.165) is 25.9 Å². The largest absolute Gasteiger partial charge is 0.294 e. The Balaban J connectivity index is 2.33. The van der Waals surface area contributed by atoms with E-state index >= 15 is 0 Å². The summed E-state index contributed by atoms with van der Waals surface area (Å²) in [4.78, 5) is 11.0. The van der Waals surface area contributed by atoms with Crippen LogP contribution in [0, 0.1) is 5.92 Å². The molecule has 0 aliphatic carbocycles. The van der Waals surface area contributed by atoms with Crippen LogP contribution >= 0.6 is 9.39 Å². The quantitative estimate of drug-likeness (QED) is 0.244. The molecular weight excluding hydrogens is 161 g/mol. The molecule has 0 spiro atoms. The molecule has 0 radical (unpaired) electrons. The summed E-state index contributed by atoms with van der Waals surface area (Å²) in [5.74, 6) is 5.12. The number of hydrazine groups is 1. The minimum Gasteiger partial charge on any atom is -0.294 e. The highest BCUT2D eigenvalue weighted by Crippen LogP contribution is 2.18. The molecule has 64 valence electrons. The van der Waals surface area contributed by atoms with Crippen LogP contribution in [0.25, 0.3) is 0 Å². The van der Waals surface area contributed by atoms with Crippen molar-refractivity contribution in [2.24, 2.45) is 11.8 Å². The van der Waals surface area contributed by atoms with E-state index in [1.807, 2.05) is 0 Å². The number of carbonyl (C=O) groups is 1. The van der Waals surface area contributed by atoms with E-state index in [9.17, 15) is 4.79 Å².